The van der Waals surface area contributed by atoms with E-state index in [2.05, 4.69) is 21.2 Å². The Morgan fingerprint density at radius 1 is 1.25 bits per heavy atom. The van der Waals surface area contributed by atoms with E-state index in [1.165, 1.54) is 13.8 Å². The molecule has 3 N–H and O–H groups in total. The molecule has 0 radical (unpaired) electrons. The summed E-state index contributed by atoms with van der Waals surface area (Å²) in [6.07, 6.45) is -2.08. The van der Waals surface area contributed by atoms with Gasteiger partial charge < -0.3 is 20.3 Å². The second-order valence-electron chi connectivity index (χ2n) is 4.28. The smallest absolute Gasteiger partial charge is 0.328 e. The number of aliphatic hydroxyl groups is 1. The van der Waals surface area contributed by atoms with Crippen LogP contribution in [-0.4, -0.2) is 40.3 Å². The highest BCUT2D eigenvalue weighted by molar-refractivity contribution is 9.10. The standard InChI is InChI=1S/C13H16BrNO5/c1-7(16)11(13(18)19)15-12(17)8(2)20-10-5-3-9(14)4-6-10/h3-8,11,16H,1-2H3,(H,15,17)(H,18,19). The maximum atomic E-state index is 11.8. The number of aliphatic carboxylic acids is 1. The molecule has 1 aromatic carbocycles. The molecule has 110 valence electrons. The third-order valence-electron chi connectivity index (χ3n) is 2.54. The predicted octanol–water partition coefficient (Wildman–Crippen LogP) is 1.17. The molecular formula is C13H16BrNO5. The van der Waals surface area contributed by atoms with Gasteiger partial charge in [0.25, 0.3) is 5.91 Å². The average molecular weight is 346 g/mol. The molecule has 6 nitrogen and oxygen atoms in total. The molecule has 0 spiro atoms. The maximum absolute atomic E-state index is 11.8. The van der Waals surface area contributed by atoms with Gasteiger partial charge in [-0.2, -0.15) is 0 Å². The number of halogens is 1. The fourth-order valence-electron chi connectivity index (χ4n) is 1.43. The van der Waals surface area contributed by atoms with Gasteiger partial charge in [-0.25, -0.2) is 4.79 Å². The van der Waals surface area contributed by atoms with Crippen molar-refractivity contribution in [3.63, 3.8) is 0 Å². The van der Waals surface area contributed by atoms with Gasteiger partial charge in [-0.15, -0.1) is 0 Å². The normalized spacial score (nSPS) is 15.0. The van der Waals surface area contributed by atoms with Gasteiger partial charge in [-0.05, 0) is 38.1 Å². The molecule has 0 aliphatic rings. The number of carbonyl (C=O) groups is 2. The molecule has 3 atom stereocenters. The first-order valence-electron chi connectivity index (χ1n) is 5.94. The number of rotatable bonds is 6. The summed E-state index contributed by atoms with van der Waals surface area (Å²) >= 11 is 3.28. The molecule has 1 aromatic rings. The Hall–Kier alpha value is -1.60. The number of hydrogen-bond acceptors (Lipinski definition) is 4. The second kappa shape index (κ2) is 7.25. The van der Waals surface area contributed by atoms with Crippen LogP contribution >= 0.6 is 15.9 Å². The van der Waals surface area contributed by atoms with Crippen LogP contribution in [0.2, 0.25) is 0 Å². The minimum atomic E-state index is -1.36. The number of aliphatic hydroxyl groups excluding tert-OH is 1. The van der Waals surface area contributed by atoms with E-state index in [1.54, 1.807) is 24.3 Å². The summed E-state index contributed by atoms with van der Waals surface area (Å²) in [5.74, 6) is -1.43. The van der Waals surface area contributed by atoms with Gasteiger partial charge in [0.1, 0.15) is 5.75 Å². The van der Waals surface area contributed by atoms with Gasteiger partial charge in [0.15, 0.2) is 12.1 Å². The van der Waals surface area contributed by atoms with Crippen molar-refractivity contribution in [2.75, 3.05) is 0 Å². The zero-order chi connectivity index (χ0) is 15.3. The van der Waals surface area contributed by atoms with Gasteiger partial charge in [0.05, 0.1) is 6.10 Å². The minimum absolute atomic E-state index is 0.486. The van der Waals surface area contributed by atoms with E-state index < -0.39 is 30.1 Å². The number of hydrogen-bond donors (Lipinski definition) is 3. The van der Waals surface area contributed by atoms with E-state index in [0.717, 1.165) is 4.47 Å². The number of benzene rings is 1. The molecule has 7 heteroatoms. The van der Waals surface area contributed by atoms with Gasteiger partial charge in [-0.1, -0.05) is 15.9 Å². The molecule has 1 amide bonds. The van der Waals surface area contributed by atoms with Gasteiger partial charge in [-0.3, -0.25) is 4.79 Å². The van der Waals surface area contributed by atoms with Crippen LogP contribution in [0, 0.1) is 0 Å². The lowest BCUT2D eigenvalue weighted by molar-refractivity contribution is -0.145. The average Bonchev–Trinajstić information content (AvgIpc) is 2.37. The number of carbonyl (C=O) groups excluding carboxylic acids is 1. The van der Waals surface area contributed by atoms with Crippen LogP contribution < -0.4 is 10.1 Å². The van der Waals surface area contributed by atoms with Crippen molar-refractivity contribution >= 4 is 27.8 Å². The van der Waals surface area contributed by atoms with Crippen LogP contribution in [0.3, 0.4) is 0 Å². The summed E-state index contributed by atoms with van der Waals surface area (Å²) in [5, 5.41) is 20.4. The summed E-state index contributed by atoms with van der Waals surface area (Å²) in [5.41, 5.74) is 0. The van der Waals surface area contributed by atoms with Crippen LogP contribution in [0.5, 0.6) is 5.75 Å². The molecule has 20 heavy (non-hydrogen) atoms. The number of amides is 1. The van der Waals surface area contributed by atoms with E-state index in [4.69, 9.17) is 9.84 Å². The fraction of sp³-hybridized carbons (Fsp3) is 0.385. The number of carboxylic acid groups (broad SMARTS) is 1. The first kappa shape index (κ1) is 16.5. The predicted molar refractivity (Wildman–Crippen MR) is 75.5 cm³/mol. The van der Waals surface area contributed by atoms with Crippen LogP contribution in [-0.2, 0) is 9.59 Å². The van der Waals surface area contributed by atoms with Crippen molar-refractivity contribution in [1.29, 1.82) is 0 Å². The molecular weight excluding hydrogens is 330 g/mol. The minimum Gasteiger partial charge on any atom is -0.481 e. The molecule has 3 unspecified atom stereocenters. The van der Waals surface area contributed by atoms with Crippen LogP contribution in [0.1, 0.15) is 13.8 Å². The number of nitrogens with one attached hydrogen (secondary N) is 1. The van der Waals surface area contributed by atoms with Crippen LogP contribution in [0.4, 0.5) is 0 Å². The topological polar surface area (TPSA) is 95.9 Å². The first-order valence-corrected chi connectivity index (χ1v) is 6.74. The third-order valence-corrected chi connectivity index (χ3v) is 3.07. The van der Waals surface area contributed by atoms with Gasteiger partial charge in [0.2, 0.25) is 0 Å². The molecule has 0 heterocycles. The van der Waals surface area contributed by atoms with Crippen molar-refractivity contribution < 1.29 is 24.5 Å². The van der Waals surface area contributed by atoms with Crippen LogP contribution in [0.25, 0.3) is 0 Å². The maximum Gasteiger partial charge on any atom is 0.328 e. The number of carboxylic acids is 1. The lowest BCUT2D eigenvalue weighted by Crippen LogP contribution is -2.51. The Morgan fingerprint density at radius 2 is 1.80 bits per heavy atom. The van der Waals surface area contributed by atoms with Crippen LogP contribution in [0.15, 0.2) is 28.7 Å². The SMILES string of the molecule is CC(Oc1ccc(Br)cc1)C(=O)NC(C(=O)O)C(C)O. The Balaban J connectivity index is 2.62. The highest BCUT2D eigenvalue weighted by Gasteiger charge is 2.27. The van der Waals surface area contributed by atoms with Crippen molar-refractivity contribution in [2.45, 2.75) is 32.1 Å². The summed E-state index contributed by atoms with van der Waals surface area (Å²) in [4.78, 5) is 22.7. The van der Waals surface area contributed by atoms with E-state index in [1.807, 2.05) is 0 Å². The Kier molecular flexibility index (Phi) is 5.97. The summed E-state index contributed by atoms with van der Waals surface area (Å²) < 4.78 is 6.26. The summed E-state index contributed by atoms with van der Waals surface area (Å²) in [6.45, 7) is 2.79. The molecule has 1 rings (SSSR count). The van der Waals surface area contributed by atoms with Crippen molar-refractivity contribution in [3.05, 3.63) is 28.7 Å². The van der Waals surface area contributed by atoms with Crippen molar-refractivity contribution in [2.24, 2.45) is 0 Å². The molecule has 0 saturated heterocycles. The molecule has 0 aliphatic carbocycles. The molecule has 0 aromatic heterocycles. The van der Waals surface area contributed by atoms with Gasteiger partial charge >= 0.3 is 5.97 Å². The molecule has 0 fully saturated rings. The summed E-state index contributed by atoms with van der Waals surface area (Å²) in [6, 6.07) is 5.51. The van der Waals surface area contributed by atoms with Gasteiger partial charge in [0, 0.05) is 4.47 Å². The largest absolute Gasteiger partial charge is 0.481 e. The monoisotopic (exact) mass is 345 g/mol. The van der Waals surface area contributed by atoms with Crippen molar-refractivity contribution in [1.82, 2.24) is 5.32 Å². The Labute approximate surface area is 124 Å². The lowest BCUT2D eigenvalue weighted by atomic mass is 10.2. The third kappa shape index (κ3) is 4.82. The van der Waals surface area contributed by atoms with E-state index in [9.17, 15) is 14.7 Å². The Bertz CT molecular complexity index is 474. The fourth-order valence-corrected chi connectivity index (χ4v) is 1.69. The quantitative estimate of drug-likeness (QED) is 0.719. The second-order valence-corrected chi connectivity index (χ2v) is 5.19. The molecule has 0 bridgehead atoms. The van der Waals surface area contributed by atoms with E-state index >= 15 is 0 Å². The van der Waals surface area contributed by atoms with E-state index in [-0.39, 0.29) is 0 Å². The summed E-state index contributed by atoms with van der Waals surface area (Å²) in [7, 11) is 0. The molecule has 0 saturated carbocycles. The van der Waals surface area contributed by atoms with E-state index in [0.29, 0.717) is 5.75 Å². The zero-order valence-electron chi connectivity index (χ0n) is 11.0. The lowest BCUT2D eigenvalue weighted by Gasteiger charge is -2.20. The highest BCUT2D eigenvalue weighted by atomic mass is 79.9. The highest BCUT2D eigenvalue weighted by Crippen LogP contribution is 2.17. The first-order chi connectivity index (χ1) is 9.31. The van der Waals surface area contributed by atoms with Crippen molar-refractivity contribution in [3.8, 4) is 5.75 Å². The zero-order valence-corrected chi connectivity index (χ0v) is 12.6. The molecule has 0 aliphatic heterocycles. The Morgan fingerprint density at radius 3 is 2.25 bits per heavy atom. The number of ether oxygens (including phenoxy) is 1.